The lowest BCUT2D eigenvalue weighted by atomic mass is 10.1. The summed E-state index contributed by atoms with van der Waals surface area (Å²) in [7, 11) is 0. The third-order valence-corrected chi connectivity index (χ3v) is 2.98. The van der Waals surface area contributed by atoms with Gasteiger partial charge < -0.3 is 4.74 Å². The first-order chi connectivity index (χ1) is 10.6. The summed E-state index contributed by atoms with van der Waals surface area (Å²) < 4.78 is 5.32. The quantitative estimate of drug-likeness (QED) is 0.351. The Morgan fingerprint density at radius 1 is 1.14 bits per heavy atom. The molecule has 2 aromatic carbocycles. The minimum atomic E-state index is -0.460. The molecule has 0 spiro atoms. The Labute approximate surface area is 128 Å². The number of nitro benzene ring substituents is 1. The highest BCUT2D eigenvalue weighted by atomic mass is 16.6. The van der Waals surface area contributed by atoms with E-state index in [1.54, 1.807) is 42.5 Å². The number of rotatable bonds is 6. The molecule has 0 heterocycles. The molecule has 0 atom stereocenters. The van der Waals surface area contributed by atoms with E-state index in [2.05, 4.69) is 0 Å². The molecule has 0 amide bonds. The zero-order valence-electron chi connectivity index (χ0n) is 12.1. The summed E-state index contributed by atoms with van der Waals surface area (Å²) in [4.78, 5) is 22.1. The number of hydrogen-bond acceptors (Lipinski definition) is 4. The van der Waals surface area contributed by atoms with Crippen LogP contribution in [0.3, 0.4) is 0 Å². The molecular weight excluding hydrogens is 282 g/mol. The number of benzene rings is 2. The number of carbonyl (C=O) groups excluding carboxylic acids is 1. The van der Waals surface area contributed by atoms with Crippen molar-refractivity contribution in [3.63, 3.8) is 0 Å². The van der Waals surface area contributed by atoms with Crippen molar-refractivity contribution >= 4 is 17.5 Å². The maximum atomic E-state index is 12.0. The average molecular weight is 297 g/mol. The van der Waals surface area contributed by atoms with Crippen LogP contribution in [0.2, 0.25) is 0 Å². The van der Waals surface area contributed by atoms with E-state index >= 15 is 0 Å². The highest BCUT2D eigenvalue weighted by Gasteiger charge is 2.04. The minimum absolute atomic E-state index is 0.0231. The van der Waals surface area contributed by atoms with Crippen molar-refractivity contribution in [1.82, 2.24) is 0 Å². The van der Waals surface area contributed by atoms with Gasteiger partial charge in [-0.1, -0.05) is 6.08 Å². The summed E-state index contributed by atoms with van der Waals surface area (Å²) in [6, 6.07) is 12.9. The molecule has 0 saturated heterocycles. The van der Waals surface area contributed by atoms with Crippen LogP contribution in [0, 0.1) is 10.1 Å². The molecule has 5 heteroatoms. The van der Waals surface area contributed by atoms with E-state index in [1.807, 2.05) is 6.92 Å². The van der Waals surface area contributed by atoms with Gasteiger partial charge in [0.2, 0.25) is 0 Å². The standard InChI is InChI=1S/C17H15NO4/c1-2-22-16-10-6-14(7-11-16)17(19)12-5-13-3-8-15(9-4-13)18(20)21/h3-12H,2H2,1H3. The van der Waals surface area contributed by atoms with Crippen LogP contribution in [-0.2, 0) is 0 Å². The average Bonchev–Trinajstić information content (AvgIpc) is 2.54. The molecule has 5 nitrogen and oxygen atoms in total. The summed E-state index contributed by atoms with van der Waals surface area (Å²) in [5.41, 5.74) is 1.31. The van der Waals surface area contributed by atoms with E-state index in [0.717, 1.165) is 11.3 Å². The molecule has 2 rings (SSSR count). The number of ether oxygens (including phenoxy) is 1. The fourth-order valence-corrected chi connectivity index (χ4v) is 1.86. The molecule has 0 aliphatic heterocycles. The Bertz CT molecular complexity index is 688. The largest absolute Gasteiger partial charge is 0.494 e. The number of carbonyl (C=O) groups is 1. The van der Waals surface area contributed by atoms with Gasteiger partial charge in [0.15, 0.2) is 5.78 Å². The van der Waals surface area contributed by atoms with Crippen molar-refractivity contribution in [2.24, 2.45) is 0 Å². The topological polar surface area (TPSA) is 69.4 Å². The molecule has 22 heavy (non-hydrogen) atoms. The molecule has 0 aromatic heterocycles. The molecule has 112 valence electrons. The van der Waals surface area contributed by atoms with E-state index in [9.17, 15) is 14.9 Å². The SMILES string of the molecule is CCOc1ccc(C(=O)C=Cc2ccc([N+](=O)[O-])cc2)cc1. The molecule has 0 N–H and O–H groups in total. The van der Waals surface area contributed by atoms with Gasteiger partial charge in [-0.3, -0.25) is 14.9 Å². The van der Waals surface area contributed by atoms with Gasteiger partial charge in [-0.05, 0) is 55.0 Å². The Balaban J connectivity index is 2.05. The zero-order valence-corrected chi connectivity index (χ0v) is 12.1. The predicted molar refractivity (Wildman–Crippen MR) is 84.1 cm³/mol. The number of nitro groups is 1. The first-order valence-electron chi connectivity index (χ1n) is 6.80. The van der Waals surface area contributed by atoms with Crippen molar-refractivity contribution in [3.8, 4) is 5.75 Å². The second-order valence-electron chi connectivity index (χ2n) is 4.50. The van der Waals surface area contributed by atoms with Crippen molar-refractivity contribution in [1.29, 1.82) is 0 Å². The Morgan fingerprint density at radius 3 is 2.32 bits per heavy atom. The molecule has 0 saturated carbocycles. The Morgan fingerprint density at radius 2 is 1.77 bits per heavy atom. The van der Waals surface area contributed by atoms with Crippen LogP contribution in [-0.4, -0.2) is 17.3 Å². The molecule has 0 aliphatic carbocycles. The fourth-order valence-electron chi connectivity index (χ4n) is 1.86. The monoisotopic (exact) mass is 297 g/mol. The minimum Gasteiger partial charge on any atom is -0.494 e. The lowest BCUT2D eigenvalue weighted by molar-refractivity contribution is -0.384. The first kappa shape index (κ1) is 15.4. The molecule has 0 aliphatic rings. The smallest absolute Gasteiger partial charge is 0.269 e. The summed E-state index contributed by atoms with van der Waals surface area (Å²) in [5, 5.41) is 10.6. The van der Waals surface area contributed by atoms with E-state index in [1.165, 1.54) is 18.2 Å². The lowest BCUT2D eigenvalue weighted by Gasteiger charge is -2.02. The maximum absolute atomic E-state index is 12.0. The molecular formula is C17H15NO4. The van der Waals surface area contributed by atoms with Gasteiger partial charge in [-0.25, -0.2) is 0 Å². The molecule has 0 bridgehead atoms. The second-order valence-corrected chi connectivity index (χ2v) is 4.50. The second kappa shape index (κ2) is 7.17. The Hall–Kier alpha value is -2.95. The van der Waals surface area contributed by atoms with E-state index in [0.29, 0.717) is 12.2 Å². The third-order valence-electron chi connectivity index (χ3n) is 2.98. The molecule has 0 unspecified atom stereocenters. The number of non-ortho nitro benzene ring substituents is 1. The van der Waals surface area contributed by atoms with Gasteiger partial charge in [0.25, 0.3) is 5.69 Å². The maximum Gasteiger partial charge on any atom is 0.269 e. The first-order valence-corrected chi connectivity index (χ1v) is 6.80. The highest BCUT2D eigenvalue weighted by Crippen LogP contribution is 2.15. The van der Waals surface area contributed by atoms with Crippen molar-refractivity contribution in [2.45, 2.75) is 6.92 Å². The van der Waals surface area contributed by atoms with Crippen LogP contribution in [0.25, 0.3) is 6.08 Å². The summed E-state index contributed by atoms with van der Waals surface area (Å²) in [6.45, 7) is 2.47. The number of ketones is 1. The van der Waals surface area contributed by atoms with Crippen LogP contribution in [0.1, 0.15) is 22.8 Å². The van der Waals surface area contributed by atoms with Crippen LogP contribution < -0.4 is 4.74 Å². The van der Waals surface area contributed by atoms with Crippen molar-refractivity contribution < 1.29 is 14.5 Å². The normalized spacial score (nSPS) is 10.6. The van der Waals surface area contributed by atoms with Gasteiger partial charge >= 0.3 is 0 Å². The molecule has 2 aromatic rings. The number of nitrogens with zero attached hydrogens (tertiary/aromatic N) is 1. The van der Waals surface area contributed by atoms with Crippen LogP contribution in [0.5, 0.6) is 5.75 Å². The summed E-state index contributed by atoms with van der Waals surface area (Å²) in [6.07, 6.45) is 3.07. The van der Waals surface area contributed by atoms with Crippen LogP contribution >= 0.6 is 0 Å². The number of hydrogen-bond donors (Lipinski definition) is 0. The van der Waals surface area contributed by atoms with Crippen molar-refractivity contribution in [2.75, 3.05) is 6.61 Å². The van der Waals surface area contributed by atoms with Gasteiger partial charge in [-0.2, -0.15) is 0 Å². The summed E-state index contributed by atoms with van der Waals surface area (Å²) in [5.74, 6) is 0.583. The third kappa shape index (κ3) is 4.02. The Kier molecular flexibility index (Phi) is 5.03. The fraction of sp³-hybridized carbons (Fsp3) is 0.118. The van der Waals surface area contributed by atoms with Gasteiger partial charge in [0.1, 0.15) is 5.75 Å². The summed E-state index contributed by atoms with van der Waals surface area (Å²) >= 11 is 0. The van der Waals surface area contributed by atoms with Crippen molar-refractivity contribution in [3.05, 3.63) is 75.8 Å². The van der Waals surface area contributed by atoms with Gasteiger partial charge in [0, 0.05) is 17.7 Å². The zero-order chi connectivity index (χ0) is 15.9. The molecule has 0 radical (unpaired) electrons. The van der Waals surface area contributed by atoms with Crippen LogP contribution in [0.15, 0.2) is 54.6 Å². The van der Waals surface area contributed by atoms with E-state index < -0.39 is 4.92 Å². The predicted octanol–water partition coefficient (Wildman–Crippen LogP) is 3.89. The highest BCUT2D eigenvalue weighted by molar-refractivity contribution is 6.06. The van der Waals surface area contributed by atoms with Gasteiger partial charge in [0.05, 0.1) is 11.5 Å². The number of allylic oxidation sites excluding steroid dienone is 1. The molecule has 0 fully saturated rings. The van der Waals surface area contributed by atoms with Gasteiger partial charge in [-0.15, -0.1) is 0 Å². The van der Waals surface area contributed by atoms with Crippen LogP contribution in [0.4, 0.5) is 5.69 Å². The van der Waals surface area contributed by atoms with E-state index in [-0.39, 0.29) is 11.5 Å². The van der Waals surface area contributed by atoms with E-state index in [4.69, 9.17) is 4.74 Å². The lowest BCUT2D eigenvalue weighted by Crippen LogP contribution is -1.95.